The molecule has 0 fully saturated rings. The van der Waals surface area contributed by atoms with Gasteiger partial charge in [-0.05, 0) is 34.2 Å². The molecule has 0 atom stereocenters. The van der Waals surface area contributed by atoms with Crippen molar-refractivity contribution in [2.75, 3.05) is 6.54 Å². The third-order valence-corrected chi connectivity index (χ3v) is 4.20. The van der Waals surface area contributed by atoms with Gasteiger partial charge in [-0.15, -0.1) is 0 Å². The smallest absolute Gasteiger partial charge is 0.0205 e. The molecule has 0 saturated heterocycles. The summed E-state index contributed by atoms with van der Waals surface area (Å²) in [4.78, 5) is 0. The van der Waals surface area contributed by atoms with Gasteiger partial charge in [0.15, 0.2) is 0 Å². The van der Waals surface area contributed by atoms with Crippen LogP contribution < -0.4 is 5.32 Å². The SMILES string of the molecule is CCCCCC(C)(C)CNCc1ccc2ccccc2c1. The van der Waals surface area contributed by atoms with Crippen LogP contribution in [0.3, 0.4) is 0 Å². The zero-order chi connectivity index (χ0) is 15.1. The molecule has 0 aromatic heterocycles. The number of fused-ring (bicyclic) bond motifs is 1. The highest BCUT2D eigenvalue weighted by Crippen LogP contribution is 2.23. The first-order chi connectivity index (χ1) is 10.1. The molecular weight excluding hydrogens is 254 g/mol. The Hall–Kier alpha value is -1.34. The third-order valence-electron chi connectivity index (χ3n) is 4.20. The predicted octanol–water partition coefficient (Wildman–Crippen LogP) is 5.54. The molecule has 0 saturated carbocycles. The van der Waals surface area contributed by atoms with Gasteiger partial charge < -0.3 is 5.32 Å². The number of rotatable bonds is 8. The van der Waals surface area contributed by atoms with Crippen LogP contribution in [0.25, 0.3) is 10.8 Å². The maximum atomic E-state index is 3.63. The molecule has 0 amide bonds. The lowest BCUT2D eigenvalue weighted by Gasteiger charge is -2.25. The number of hydrogen-bond acceptors (Lipinski definition) is 1. The second kappa shape index (κ2) is 7.61. The van der Waals surface area contributed by atoms with E-state index in [9.17, 15) is 0 Å². The number of benzene rings is 2. The maximum absolute atomic E-state index is 3.63. The summed E-state index contributed by atoms with van der Waals surface area (Å²) < 4.78 is 0. The molecule has 0 aliphatic carbocycles. The number of hydrogen-bond donors (Lipinski definition) is 1. The average molecular weight is 283 g/mol. The van der Waals surface area contributed by atoms with Gasteiger partial charge >= 0.3 is 0 Å². The molecule has 1 N–H and O–H groups in total. The Morgan fingerprint density at radius 3 is 2.48 bits per heavy atom. The Balaban J connectivity index is 1.84. The molecule has 2 aromatic rings. The van der Waals surface area contributed by atoms with Gasteiger partial charge in [0.2, 0.25) is 0 Å². The second-order valence-corrected chi connectivity index (χ2v) is 6.91. The Labute approximate surface area is 129 Å². The zero-order valence-corrected chi connectivity index (χ0v) is 13.8. The van der Waals surface area contributed by atoms with E-state index in [1.807, 2.05) is 0 Å². The summed E-state index contributed by atoms with van der Waals surface area (Å²) in [5.74, 6) is 0. The summed E-state index contributed by atoms with van der Waals surface area (Å²) in [7, 11) is 0. The fourth-order valence-electron chi connectivity index (χ4n) is 2.84. The summed E-state index contributed by atoms with van der Waals surface area (Å²) in [6.07, 6.45) is 5.32. The van der Waals surface area contributed by atoms with Crippen LogP contribution in [0.1, 0.15) is 52.0 Å². The predicted molar refractivity (Wildman–Crippen MR) is 93.6 cm³/mol. The van der Waals surface area contributed by atoms with Crippen LogP contribution in [-0.2, 0) is 6.54 Å². The van der Waals surface area contributed by atoms with Crippen LogP contribution in [-0.4, -0.2) is 6.54 Å². The highest BCUT2D eigenvalue weighted by Gasteiger charge is 2.16. The molecule has 21 heavy (non-hydrogen) atoms. The van der Waals surface area contributed by atoms with Gasteiger partial charge in [0.05, 0.1) is 0 Å². The lowest BCUT2D eigenvalue weighted by Crippen LogP contribution is -2.29. The molecule has 114 valence electrons. The Morgan fingerprint density at radius 1 is 0.952 bits per heavy atom. The topological polar surface area (TPSA) is 12.0 Å². The molecule has 1 heteroatoms. The fraction of sp³-hybridized carbons (Fsp3) is 0.500. The van der Waals surface area contributed by atoms with E-state index in [1.165, 1.54) is 42.0 Å². The minimum Gasteiger partial charge on any atom is -0.312 e. The van der Waals surface area contributed by atoms with E-state index in [-0.39, 0.29) is 0 Å². The summed E-state index contributed by atoms with van der Waals surface area (Å²) in [6, 6.07) is 15.3. The van der Waals surface area contributed by atoms with Gasteiger partial charge in [-0.2, -0.15) is 0 Å². The van der Waals surface area contributed by atoms with Crippen molar-refractivity contribution in [3.63, 3.8) is 0 Å². The quantitative estimate of drug-likeness (QED) is 0.627. The lowest BCUT2D eigenvalue weighted by atomic mass is 9.87. The Morgan fingerprint density at radius 2 is 1.71 bits per heavy atom. The van der Waals surface area contributed by atoms with Gasteiger partial charge in [-0.25, -0.2) is 0 Å². The largest absolute Gasteiger partial charge is 0.312 e. The number of unbranched alkanes of at least 4 members (excludes halogenated alkanes) is 2. The monoisotopic (exact) mass is 283 g/mol. The van der Waals surface area contributed by atoms with Crippen LogP contribution >= 0.6 is 0 Å². The molecule has 2 rings (SSSR count). The first kappa shape index (κ1) is 16.0. The first-order valence-electron chi connectivity index (χ1n) is 8.29. The van der Waals surface area contributed by atoms with Crippen LogP contribution in [0.15, 0.2) is 42.5 Å². The highest BCUT2D eigenvalue weighted by atomic mass is 14.9. The van der Waals surface area contributed by atoms with Gasteiger partial charge in [-0.3, -0.25) is 0 Å². The minimum absolute atomic E-state index is 0.395. The van der Waals surface area contributed by atoms with Gasteiger partial charge in [0.1, 0.15) is 0 Å². The summed E-state index contributed by atoms with van der Waals surface area (Å²) >= 11 is 0. The highest BCUT2D eigenvalue weighted by molar-refractivity contribution is 5.82. The van der Waals surface area contributed by atoms with Crippen molar-refractivity contribution in [3.8, 4) is 0 Å². The van der Waals surface area contributed by atoms with Crippen molar-refractivity contribution < 1.29 is 0 Å². The standard InChI is InChI=1S/C20H29N/c1-4-5-8-13-20(2,3)16-21-15-17-11-12-18-9-6-7-10-19(18)14-17/h6-7,9-12,14,21H,4-5,8,13,15-16H2,1-3H3. The second-order valence-electron chi connectivity index (χ2n) is 6.91. The van der Waals surface area contributed by atoms with Crippen molar-refractivity contribution in [1.29, 1.82) is 0 Å². The average Bonchev–Trinajstić information content (AvgIpc) is 2.47. The molecule has 0 aliphatic rings. The van der Waals surface area contributed by atoms with Crippen molar-refractivity contribution in [2.24, 2.45) is 5.41 Å². The van der Waals surface area contributed by atoms with E-state index in [0.29, 0.717) is 5.41 Å². The molecule has 0 bridgehead atoms. The molecule has 0 unspecified atom stereocenters. The van der Waals surface area contributed by atoms with Crippen LogP contribution in [0.4, 0.5) is 0 Å². The molecule has 1 nitrogen and oxygen atoms in total. The van der Waals surface area contributed by atoms with E-state index in [4.69, 9.17) is 0 Å². The molecule has 2 aromatic carbocycles. The van der Waals surface area contributed by atoms with E-state index in [1.54, 1.807) is 0 Å². The zero-order valence-electron chi connectivity index (χ0n) is 13.8. The van der Waals surface area contributed by atoms with E-state index in [0.717, 1.165) is 13.1 Å². The summed E-state index contributed by atoms with van der Waals surface area (Å²) in [6.45, 7) is 9.06. The first-order valence-corrected chi connectivity index (χ1v) is 8.29. The fourth-order valence-corrected chi connectivity index (χ4v) is 2.84. The van der Waals surface area contributed by atoms with E-state index in [2.05, 4.69) is 68.6 Å². The van der Waals surface area contributed by atoms with E-state index >= 15 is 0 Å². The minimum atomic E-state index is 0.395. The molecular formula is C20H29N. The number of nitrogens with one attached hydrogen (secondary N) is 1. The van der Waals surface area contributed by atoms with E-state index < -0.39 is 0 Å². The van der Waals surface area contributed by atoms with Crippen molar-refractivity contribution in [2.45, 2.75) is 53.0 Å². The molecule has 0 aliphatic heterocycles. The Kier molecular flexibility index (Phi) is 5.81. The van der Waals surface area contributed by atoms with Gasteiger partial charge in [0.25, 0.3) is 0 Å². The molecule has 0 spiro atoms. The summed E-state index contributed by atoms with van der Waals surface area (Å²) in [5.41, 5.74) is 1.77. The maximum Gasteiger partial charge on any atom is 0.0205 e. The normalized spacial score (nSPS) is 12.0. The lowest BCUT2D eigenvalue weighted by molar-refractivity contribution is 0.302. The Bertz CT molecular complexity index is 557. The van der Waals surface area contributed by atoms with Crippen molar-refractivity contribution in [3.05, 3.63) is 48.0 Å². The van der Waals surface area contributed by atoms with Crippen LogP contribution in [0.5, 0.6) is 0 Å². The summed E-state index contributed by atoms with van der Waals surface area (Å²) in [5, 5.41) is 6.29. The molecule has 0 radical (unpaired) electrons. The molecule has 0 heterocycles. The van der Waals surface area contributed by atoms with Crippen molar-refractivity contribution >= 4 is 10.8 Å². The van der Waals surface area contributed by atoms with Gasteiger partial charge in [0, 0.05) is 13.1 Å². The third kappa shape index (κ3) is 5.17. The van der Waals surface area contributed by atoms with Crippen LogP contribution in [0, 0.1) is 5.41 Å². The van der Waals surface area contributed by atoms with Crippen LogP contribution in [0.2, 0.25) is 0 Å². The van der Waals surface area contributed by atoms with Crippen molar-refractivity contribution in [1.82, 2.24) is 5.32 Å². The van der Waals surface area contributed by atoms with Gasteiger partial charge in [-0.1, -0.05) is 76.4 Å².